The number of hydrogen-bond acceptors (Lipinski definition) is 4. The highest BCUT2D eigenvalue weighted by molar-refractivity contribution is 5.76. The molecule has 0 aliphatic carbocycles. The lowest BCUT2D eigenvalue weighted by atomic mass is 9.79. The lowest BCUT2D eigenvalue weighted by molar-refractivity contribution is -0.123. The third kappa shape index (κ3) is 5.21. The molecule has 1 aromatic carbocycles. The normalized spacial score (nSPS) is 24.2. The van der Waals surface area contributed by atoms with Crippen molar-refractivity contribution < 1.29 is 14.3 Å². The maximum absolute atomic E-state index is 12.5. The summed E-state index contributed by atoms with van der Waals surface area (Å²) in [4.78, 5) is 14.6. The molecule has 2 aliphatic heterocycles. The smallest absolute Gasteiger partial charge is 0.220 e. The van der Waals surface area contributed by atoms with Gasteiger partial charge in [-0.05, 0) is 49.3 Å². The van der Waals surface area contributed by atoms with Crippen molar-refractivity contribution in [1.82, 2.24) is 5.32 Å². The summed E-state index contributed by atoms with van der Waals surface area (Å²) in [5, 5.41) is 3.30. The SMILES string of the molecule is CN(C)c1ccc(CCC(=O)N[C@@H]2CCOC[C@@H]2C2CCOCC2)cc1. The Bertz CT molecular complexity index is 567. The number of carbonyl (C=O) groups is 1. The van der Waals surface area contributed by atoms with E-state index in [4.69, 9.17) is 9.47 Å². The van der Waals surface area contributed by atoms with Crippen LogP contribution in [-0.2, 0) is 20.7 Å². The van der Waals surface area contributed by atoms with Crippen LogP contribution in [0, 0.1) is 11.8 Å². The molecule has 26 heavy (non-hydrogen) atoms. The Labute approximate surface area is 157 Å². The maximum Gasteiger partial charge on any atom is 0.220 e. The van der Waals surface area contributed by atoms with Crippen LogP contribution in [0.3, 0.4) is 0 Å². The number of rotatable bonds is 6. The highest BCUT2D eigenvalue weighted by atomic mass is 16.5. The first-order chi connectivity index (χ1) is 12.6. The highest BCUT2D eigenvalue weighted by Crippen LogP contribution is 2.30. The number of aryl methyl sites for hydroxylation is 1. The van der Waals surface area contributed by atoms with Crippen molar-refractivity contribution >= 4 is 11.6 Å². The number of hydrogen-bond donors (Lipinski definition) is 1. The fraction of sp³-hybridized carbons (Fsp3) is 0.667. The van der Waals surface area contributed by atoms with E-state index in [-0.39, 0.29) is 11.9 Å². The molecule has 1 N–H and O–H groups in total. The Morgan fingerprint density at radius 2 is 1.77 bits per heavy atom. The molecule has 2 saturated heterocycles. The summed E-state index contributed by atoms with van der Waals surface area (Å²) in [5.74, 6) is 1.19. The molecule has 2 atom stereocenters. The molecule has 0 aromatic heterocycles. The zero-order valence-corrected chi connectivity index (χ0v) is 16.1. The van der Waals surface area contributed by atoms with Gasteiger partial charge in [0.2, 0.25) is 5.91 Å². The van der Waals surface area contributed by atoms with Gasteiger partial charge in [0.05, 0.1) is 6.61 Å². The minimum absolute atomic E-state index is 0.158. The van der Waals surface area contributed by atoms with Gasteiger partial charge < -0.3 is 19.7 Å². The van der Waals surface area contributed by atoms with E-state index in [0.29, 0.717) is 18.3 Å². The molecule has 0 spiro atoms. The van der Waals surface area contributed by atoms with Gasteiger partial charge in [-0.3, -0.25) is 4.79 Å². The summed E-state index contributed by atoms with van der Waals surface area (Å²) in [7, 11) is 4.07. The maximum atomic E-state index is 12.5. The van der Waals surface area contributed by atoms with E-state index in [0.717, 1.165) is 52.1 Å². The molecule has 0 saturated carbocycles. The minimum Gasteiger partial charge on any atom is -0.381 e. The van der Waals surface area contributed by atoms with Crippen molar-refractivity contribution in [2.24, 2.45) is 11.8 Å². The Morgan fingerprint density at radius 3 is 2.46 bits per heavy atom. The molecule has 5 nitrogen and oxygen atoms in total. The lowest BCUT2D eigenvalue weighted by Crippen LogP contribution is -2.49. The fourth-order valence-electron chi connectivity index (χ4n) is 4.05. The van der Waals surface area contributed by atoms with E-state index in [2.05, 4.69) is 34.5 Å². The van der Waals surface area contributed by atoms with Crippen LogP contribution in [0.15, 0.2) is 24.3 Å². The van der Waals surface area contributed by atoms with Gasteiger partial charge in [0.15, 0.2) is 0 Å². The average Bonchev–Trinajstić information content (AvgIpc) is 2.68. The molecule has 2 fully saturated rings. The molecule has 0 unspecified atom stereocenters. The van der Waals surface area contributed by atoms with Crippen molar-refractivity contribution in [2.45, 2.75) is 38.1 Å². The Morgan fingerprint density at radius 1 is 1.08 bits per heavy atom. The summed E-state index contributed by atoms with van der Waals surface area (Å²) < 4.78 is 11.2. The van der Waals surface area contributed by atoms with Crippen LogP contribution in [0.2, 0.25) is 0 Å². The third-order valence-electron chi connectivity index (χ3n) is 5.71. The molecule has 0 radical (unpaired) electrons. The van der Waals surface area contributed by atoms with E-state index >= 15 is 0 Å². The van der Waals surface area contributed by atoms with Gasteiger partial charge in [-0.15, -0.1) is 0 Å². The number of nitrogens with zero attached hydrogens (tertiary/aromatic N) is 1. The van der Waals surface area contributed by atoms with E-state index in [1.807, 2.05) is 14.1 Å². The fourth-order valence-corrected chi connectivity index (χ4v) is 4.05. The molecule has 2 heterocycles. The van der Waals surface area contributed by atoms with Gasteiger partial charge in [0, 0.05) is 58.0 Å². The Kier molecular flexibility index (Phi) is 6.92. The van der Waals surface area contributed by atoms with Gasteiger partial charge in [-0.1, -0.05) is 12.1 Å². The number of amides is 1. The number of carbonyl (C=O) groups excluding carboxylic acids is 1. The van der Waals surface area contributed by atoms with Crippen LogP contribution < -0.4 is 10.2 Å². The quantitative estimate of drug-likeness (QED) is 0.847. The molecule has 144 valence electrons. The predicted molar refractivity (Wildman–Crippen MR) is 103 cm³/mol. The second-order valence-corrected chi connectivity index (χ2v) is 7.71. The van der Waals surface area contributed by atoms with Gasteiger partial charge in [-0.2, -0.15) is 0 Å². The first-order valence-corrected chi connectivity index (χ1v) is 9.84. The predicted octanol–water partition coefficient (Wildman–Crippen LogP) is 2.63. The van der Waals surface area contributed by atoms with Crippen molar-refractivity contribution in [3.8, 4) is 0 Å². The molecule has 5 heteroatoms. The largest absolute Gasteiger partial charge is 0.381 e. The molecule has 3 rings (SSSR count). The van der Waals surface area contributed by atoms with Crippen molar-refractivity contribution in [3.63, 3.8) is 0 Å². The van der Waals surface area contributed by atoms with Crippen LogP contribution in [0.4, 0.5) is 5.69 Å². The molecular weight excluding hydrogens is 328 g/mol. The molecule has 0 bridgehead atoms. The topological polar surface area (TPSA) is 50.8 Å². The van der Waals surface area contributed by atoms with Gasteiger partial charge in [0.1, 0.15) is 0 Å². The number of benzene rings is 1. The minimum atomic E-state index is 0.158. The van der Waals surface area contributed by atoms with Gasteiger partial charge >= 0.3 is 0 Å². The van der Waals surface area contributed by atoms with E-state index < -0.39 is 0 Å². The molecular formula is C21H32N2O3. The van der Waals surface area contributed by atoms with Crippen LogP contribution in [0.25, 0.3) is 0 Å². The number of anilines is 1. The number of ether oxygens (including phenoxy) is 2. The van der Waals surface area contributed by atoms with Crippen LogP contribution in [0.1, 0.15) is 31.2 Å². The first-order valence-electron chi connectivity index (χ1n) is 9.84. The first kappa shape index (κ1) is 19.2. The monoisotopic (exact) mass is 360 g/mol. The summed E-state index contributed by atoms with van der Waals surface area (Å²) in [6.45, 7) is 3.19. The summed E-state index contributed by atoms with van der Waals surface area (Å²) in [6, 6.07) is 8.68. The lowest BCUT2D eigenvalue weighted by Gasteiger charge is -2.39. The molecule has 1 amide bonds. The van der Waals surface area contributed by atoms with Crippen molar-refractivity contribution in [3.05, 3.63) is 29.8 Å². The average molecular weight is 360 g/mol. The second-order valence-electron chi connectivity index (χ2n) is 7.71. The molecule has 1 aromatic rings. The second kappa shape index (κ2) is 9.38. The van der Waals surface area contributed by atoms with E-state index in [1.165, 1.54) is 11.3 Å². The standard InChI is InChI=1S/C21H32N2O3/c1-23(2)18-6-3-16(4-7-18)5-8-21(24)22-20-11-14-26-15-19(20)17-9-12-25-13-10-17/h3-4,6-7,17,19-20H,5,8-15H2,1-2H3,(H,22,24)/t19-,20-/m1/s1. The summed E-state index contributed by atoms with van der Waals surface area (Å²) in [5.41, 5.74) is 2.39. The van der Waals surface area contributed by atoms with E-state index in [9.17, 15) is 4.79 Å². The van der Waals surface area contributed by atoms with Crippen molar-refractivity contribution in [1.29, 1.82) is 0 Å². The zero-order valence-electron chi connectivity index (χ0n) is 16.1. The summed E-state index contributed by atoms with van der Waals surface area (Å²) in [6.07, 6.45) is 4.41. The number of nitrogens with one attached hydrogen (secondary N) is 1. The Hall–Kier alpha value is -1.59. The van der Waals surface area contributed by atoms with Gasteiger partial charge in [-0.25, -0.2) is 0 Å². The third-order valence-corrected chi connectivity index (χ3v) is 5.71. The Balaban J connectivity index is 1.49. The van der Waals surface area contributed by atoms with Crippen LogP contribution >= 0.6 is 0 Å². The van der Waals surface area contributed by atoms with E-state index in [1.54, 1.807) is 0 Å². The van der Waals surface area contributed by atoms with Crippen molar-refractivity contribution in [2.75, 3.05) is 45.4 Å². The van der Waals surface area contributed by atoms with Gasteiger partial charge in [0.25, 0.3) is 0 Å². The zero-order chi connectivity index (χ0) is 18.4. The molecule has 2 aliphatic rings. The van der Waals surface area contributed by atoms with Crippen LogP contribution in [-0.4, -0.2) is 52.5 Å². The highest BCUT2D eigenvalue weighted by Gasteiger charge is 2.34. The van der Waals surface area contributed by atoms with Crippen LogP contribution in [0.5, 0.6) is 0 Å². The summed E-state index contributed by atoms with van der Waals surface area (Å²) >= 11 is 0.